The van der Waals surface area contributed by atoms with E-state index in [-0.39, 0.29) is 0 Å². The molecule has 1 aromatic rings. The van der Waals surface area contributed by atoms with E-state index in [1.54, 1.807) is 6.20 Å². The van der Waals surface area contributed by atoms with Crippen molar-refractivity contribution in [1.29, 1.82) is 0 Å². The van der Waals surface area contributed by atoms with Gasteiger partial charge in [0.15, 0.2) is 0 Å². The smallest absolute Gasteiger partial charge is 0.136 e. The molecule has 1 saturated carbocycles. The third-order valence-corrected chi connectivity index (χ3v) is 3.53. The minimum absolute atomic E-state index is 0.295. The maximum atomic E-state index is 11.7. The SMILES string of the molecule is CC1CCC(=O)C(CCc2cccnc2)C1. The Morgan fingerprint density at radius 3 is 3.12 bits per heavy atom. The topological polar surface area (TPSA) is 30.0 Å². The van der Waals surface area contributed by atoms with Crippen LogP contribution in [0, 0.1) is 11.8 Å². The summed E-state index contributed by atoms with van der Waals surface area (Å²) in [5.41, 5.74) is 1.24. The van der Waals surface area contributed by atoms with Crippen LogP contribution in [0.3, 0.4) is 0 Å². The molecule has 1 fully saturated rings. The van der Waals surface area contributed by atoms with Gasteiger partial charge in [-0.25, -0.2) is 0 Å². The van der Waals surface area contributed by atoms with Gasteiger partial charge in [-0.3, -0.25) is 9.78 Å². The lowest BCUT2D eigenvalue weighted by atomic mass is 9.79. The van der Waals surface area contributed by atoms with E-state index in [1.807, 2.05) is 12.3 Å². The molecular weight excluding hydrogens is 198 g/mol. The number of carbonyl (C=O) groups is 1. The minimum Gasteiger partial charge on any atom is -0.299 e. The number of ketones is 1. The molecule has 0 amide bonds. The molecule has 2 unspecified atom stereocenters. The molecule has 0 aliphatic heterocycles. The largest absolute Gasteiger partial charge is 0.299 e. The molecular formula is C14H19NO. The number of rotatable bonds is 3. The van der Waals surface area contributed by atoms with Gasteiger partial charge in [0.25, 0.3) is 0 Å². The molecule has 0 bridgehead atoms. The van der Waals surface area contributed by atoms with E-state index in [2.05, 4.69) is 18.0 Å². The molecule has 0 saturated heterocycles. The Balaban J connectivity index is 1.87. The standard InChI is InChI=1S/C14H19NO/c1-11-4-7-14(16)13(9-11)6-5-12-3-2-8-15-10-12/h2-3,8,10-11,13H,4-7,9H2,1H3. The average Bonchev–Trinajstić information content (AvgIpc) is 2.32. The van der Waals surface area contributed by atoms with Gasteiger partial charge in [-0.1, -0.05) is 13.0 Å². The van der Waals surface area contributed by atoms with Crippen LogP contribution in [0.15, 0.2) is 24.5 Å². The summed E-state index contributed by atoms with van der Waals surface area (Å²) in [6, 6.07) is 4.05. The van der Waals surface area contributed by atoms with Crippen molar-refractivity contribution in [3.05, 3.63) is 30.1 Å². The summed E-state index contributed by atoms with van der Waals surface area (Å²) < 4.78 is 0. The normalized spacial score (nSPS) is 25.7. The quantitative estimate of drug-likeness (QED) is 0.779. The molecule has 16 heavy (non-hydrogen) atoms. The number of pyridine rings is 1. The fourth-order valence-electron chi connectivity index (χ4n) is 2.49. The van der Waals surface area contributed by atoms with Crippen molar-refractivity contribution >= 4 is 5.78 Å². The van der Waals surface area contributed by atoms with Crippen molar-refractivity contribution < 1.29 is 4.79 Å². The van der Waals surface area contributed by atoms with Crippen LogP contribution in [-0.2, 0) is 11.2 Å². The molecule has 1 aliphatic carbocycles. The van der Waals surface area contributed by atoms with Crippen LogP contribution >= 0.6 is 0 Å². The van der Waals surface area contributed by atoms with Crippen molar-refractivity contribution in [2.75, 3.05) is 0 Å². The summed E-state index contributed by atoms with van der Waals surface area (Å²) in [6.45, 7) is 2.25. The first-order valence-corrected chi connectivity index (χ1v) is 6.17. The lowest BCUT2D eigenvalue weighted by Crippen LogP contribution is -2.24. The van der Waals surface area contributed by atoms with Crippen LogP contribution in [-0.4, -0.2) is 10.8 Å². The van der Waals surface area contributed by atoms with Gasteiger partial charge in [0, 0.05) is 24.7 Å². The van der Waals surface area contributed by atoms with Crippen LogP contribution in [0.2, 0.25) is 0 Å². The number of aryl methyl sites for hydroxylation is 1. The van der Waals surface area contributed by atoms with Gasteiger partial charge in [0.2, 0.25) is 0 Å². The van der Waals surface area contributed by atoms with Gasteiger partial charge in [0.1, 0.15) is 5.78 Å². The van der Waals surface area contributed by atoms with E-state index in [1.165, 1.54) is 5.56 Å². The Labute approximate surface area is 97.1 Å². The van der Waals surface area contributed by atoms with Crippen molar-refractivity contribution in [1.82, 2.24) is 4.98 Å². The second kappa shape index (κ2) is 5.24. The van der Waals surface area contributed by atoms with Gasteiger partial charge >= 0.3 is 0 Å². The second-order valence-corrected chi connectivity index (χ2v) is 4.94. The van der Waals surface area contributed by atoms with Crippen molar-refractivity contribution in [2.24, 2.45) is 11.8 Å². The van der Waals surface area contributed by atoms with Crippen molar-refractivity contribution in [2.45, 2.75) is 39.0 Å². The first-order chi connectivity index (χ1) is 7.75. The van der Waals surface area contributed by atoms with Crippen LogP contribution in [0.1, 0.15) is 38.2 Å². The molecule has 0 aromatic carbocycles. The molecule has 1 heterocycles. The zero-order valence-corrected chi connectivity index (χ0v) is 9.86. The number of hydrogen-bond donors (Lipinski definition) is 0. The molecule has 0 radical (unpaired) electrons. The highest BCUT2D eigenvalue weighted by atomic mass is 16.1. The lowest BCUT2D eigenvalue weighted by Gasteiger charge is -2.25. The van der Waals surface area contributed by atoms with Gasteiger partial charge in [-0.15, -0.1) is 0 Å². The Morgan fingerprint density at radius 1 is 1.50 bits per heavy atom. The fourth-order valence-corrected chi connectivity index (χ4v) is 2.49. The van der Waals surface area contributed by atoms with Crippen LogP contribution in [0.25, 0.3) is 0 Å². The highest BCUT2D eigenvalue weighted by Crippen LogP contribution is 2.28. The Kier molecular flexibility index (Phi) is 3.70. The van der Waals surface area contributed by atoms with E-state index in [9.17, 15) is 4.79 Å². The predicted octanol–water partition coefficient (Wildman–Crippen LogP) is 3.02. The molecule has 1 aliphatic rings. The highest BCUT2D eigenvalue weighted by molar-refractivity contribution is 5.81. The highest BCUT2D eigenvalue weighted by Gasteiger charge is 2.25. The molecule has 2 heteroatoms. The summed E-state index contributed by atoms with van der Waals surface area (Å²) in [7, 11) is 0. The lowest BCUT2D eigenvalue weighted by molar-refractivity contribution is -0.125. The average molecular weight is 217 g/mol. The summed E-state index contributed by atoms with van der Waals surface area (Å²) in [4.78, 5) is 15.8. The Morgan fingerprint density at radius 2 is 2.38 bits per heavy atom. The van der Waals surface area contributed by atoms with Crippen molar-refractivity contribution in [3.63, 3.8) is 0 Å². The molecule has 86 valence electrons. The maximum absolute atomic E-state index is 11.7. The predicted molar refractivity (Wildman–Crippen MR) is 64.1 cm³/mol. The monoisotopic (exact) mass is 217 g/mol. The molecule has 1 aromatic heterocycles. The van der Waals surface area contributed by atoms with Crippen molar-refractivity contribution in [3.8, 4) is 0 Å². The summed E-state index contributed by atoms with van der Waals surface area (Å²) >= 11 is 0. The number of aromatic nitrogens is 1. The fraction of sp³-hybridized carbons (Fsp3) is 0.571. The zero-order chi connectivity index (χ0) is 11.4. The van der Waals surface area contributed by atoms with E-state index in [0.29, 0.717) is 11.7 Å². The molecule has 2 nitrogen and oxygen atoms in total. The summed E-state index contributed by atoms with van der Waals surface area (Å²) in [6.07, 6.45) is 8.63. The van der Waals surface area contributed by atoms with E-state index < -0.39 is 0 Å². The zero-order valence-electron chi connectivity index (χ0n) is 9.86. The summed E-state index contributed by atoms with van der Waals surface area (Å²) in [5, 5.41) is 0. The third kappa shape index (κ3) is 2.91. The molecule has 0 spiro atoms. The summed E-state index contributed by atoms with van der Waals surface area (Å²) in [5.74, 6) is 1.49. The van der Waals surface area contributed by atoms with Crippen LogP contribution in [0.4, 0.5) is 0 Å². The van der Waals surface area contributed by atoms with E-state index in [0.717, 1.165) is 38.0 Å². The first-order valence-electron chi connectivity index (χ1n) is 6.17. The first kappa shape index (κ1) is 11.3. The van der Waals surface area contributed by atoms with Gasteiger partial charge in [-0.05, 0) is 43.2 Å². The van der Waals surface area contributed by atoms with E-state index >= 15 is 0 Å². The minimum atomic E-state index is 0.295. The number of nitrogens with zero attached hydrogens (tertiary/aromatic N) is 1. The number of Topliss-reactive ketones (excluding diaryl/α,β-unsaturated/α-hetero) is 1. The van der Waals surface area contributed by atoms with Crippen LogP contribution in [0.5, 0.6) is 0 Å². The maximum Gasteiger partial charge on any atom is 0.136 e. The Hall–Kier alpha value is -1.18. The molecule has 2 rings (SSSR count). The van der Waals surface area contributed by atoms with Crippen LogP contribution < -0.4 is 0 Å². The van der Waals surface area contributed by atoms with Gasteiger partial charge in [-0.2, -0.15) is 0 Å². The molecule has 0 N–H and O–H groups in total. The van der Waals surface area contributed by atoms with E-state index in [4.69, 9.17) is 0 Å². The van der Waals surface area contributed by atoms with Gasteiger partial charge in [0.05, 0.1) is 0 Å². The third-order valence-electron chi connectivity index (χ3n) is 3.53. The molecule has 2 atom stereocenters. The number of carbonyl (C=O) groups excluding carboxylic acids is 1. The Bertz CT molecular complexity index is 347. The second-order valence-electron chi connectivity index (χ2n) is 4.94. The number of hydrogen-bond acceptors (Lipinski definition) is 2. The van der Waals surface area contributed by atoms with Gasteiger partial charge < -0.3 is 0 Å².